The monoisotopic (exact) mass is 235 g/mol. The molecule has 0 radical (unpaired) electrons. The fraction of sp³-hybridized carbons (Fsp3) is 0.182. The molecular formula is C11H10BrN. The highest BCUT2D eigenvalue weighted by atomic mass is 79.9. The molecule has 1 aromatic heterocycles. The molecule has 0 unspecified atom stereocenters. The van der Waals surface area contributed by atoms with Crippen molar-refractivity contribution in [1.29, 1.82) is 0 Å². The molecule has 2 heteroatoms. The Hall–Kier alpha value is -0.890. The van der Waals surface area contributed by atoms with Crippen LogP contribution in [0.5, 0.6) is 0 Å². The lowest BCUT2D eigenvalue weighted by Gasteiger charge is -2.00. The maximum atomic E-state index is 4.52. The van der Waals surface area contributed by atoms with Gasteiger partial charge in [-0.2, -0.15) is 0 Å². The molecule has 1 aromatic carbocycles. The molecular weight excluding hydrogens is 226 g/mol. The van der Waals surface area contributed by atoms with Crippen LogP contribution in [0.2, 0.25) is 0 Å². The Labute approximate surface area is 85.9 Å². The summed E-state index contributed by atoms with van der Waals surface area (Å²) < 4.78 is 1.08. The average Bonchev–Trinajstić information content (AvgIpc) is 2.16. The summed E-state index contributed by atoms with van der Waals surface area (Å²) in [4.78, 5) is 4.52. The molecule has 0 aliphatic heterocycles. The first kappa shape index (κ1) is 8.70. The molecule has 0 amide bonds. The first-order valence-corrected chi connectivity index (χ1v) is 5.14. The standard InChI is InChI=1S/C11H10BrN/c1-2-10-6-4-8-3-5-9(12)7-11(8)13-10/h3-7H,2H2,1H3. The number of fused-ring (bicyclic) bond motifs is 1. The number of hydrogen-bond donors (Lipinski definition) is 0. The van der Waals surface area contributed by atoms with Gasteiger partial charge in [0.2, 0.25) is 0 Å². The average molecular weight is 236 g/mol. The molecule has 0 N–H and O–H groups in total. The van der Waals surface area contributed by atoms with Gasteiger partial charge in [0.15, 0.2) is 0 Å². The second-order valence-corrected chi connectivity index (χ2v) is 3.91. The minimum atomic E-state index is 0.989. The van der Waals surface area contributed by atoms with Crippen LogP contribution in [0.15, 0.2) is 34.8 Å². The summed E-state index contributed by atoms with van der Waals surface area (Å²) in [6.45, 7) is 2.12. The molecule has 0 aliphatic carbocycles. The van der Waals surface area contributed by atoms with Crippen LogP contribution >= 0.6 is 15.9 Å². The van der Waals surface area contributed by atoms with Gasteiger partial charge in [0.25, 0.3) is 0 Å². The predicted octanol–water partition coefficient (Wildman–Crippen LogP) is 3.56. The van der Waals surface area contributed by atoms with E-state index in [9.17, 15) is 0 Å². The Morgan fingerprint density at radius 3 is 2.77 bits per heavy atom. The third-order valence-corrected chi connectivity index (χ3v) is 2.57. The highest BCUT2D eigenvalue weighted by Gasteiger charge is 1.96. The van der Waals surface area contributed by atoms with Crippen molar-refractivity contribution in [3.63, 3.8) is 0 Å². The van der Waals surface area contributed by atoms with Crippen molar-refractivity contribution in [1.82, 2.24) is 4.98 Å². The number of nitrogens with zero attached hydrogens (tertiary/aromatic N) is 1. The molecule has 1 nitrogen and oxygen atoms in total. The molecule has 0 fully saturated rings. The van der Waals surface area contributed by atoms with E-state index in [2.05, 4.69) is 52.1 Å². The smallest absolute Gasteiger partial charge is 0.0716 e. The number of aryl methyl sites for hydroxylation is 1. The first-order chi connectivity index (χ1) is 6.29. The third kappa shape index (κ3) is 1.73. The summed E-state index contributed by atoms with van der Waals surface area (Å²) in [7, 11) is 0. The fourth-order valence-electron chi connectivity index (χ4n) is 1.33. The third-order valence-electron chi connectivity index (χ3n) is 2.07. The predicted molar refractivity (Wildman–Crippen MR) is 58.8 cm³/mol. The van der Waals surface area contributed by atoms with Gasteiger partial charge < -0.3 is 0 Å². The van der Waals surface area contributed by atoms with E-state index in [0.29, 0.717) is 0 Å². The lowest BCUT2D eigenvalue weighted by atomic mass is 10.2. The van der Waals surface area contributed by atoms with Crippen LogP contribution < -0.4 is 0 Å². The zero-order valence-corrected chi connectivity index (χ0v) is 9.01. The molecule has 2 rings (SSSR count). The Bertz CT molecular complexity index is 437. The minimum absolute atomic E-state index is 0.989. The van der Waals surface area contributed by atoms with Crippen LogP contribution in [0.25, 0.3) is 10.9 Å². The molecule has 13 heavy (non-hydrogen) atoms. The fourth-order valence-corrected chi connectivity index (χ4v) is 1.68. The van der Waals surface area contributed by atoms with Crippen LogP contribution in [-0.4, -0.2) is 4.98 Å². The van der Waals surface area contributed by atoms with E-state index in [1.165, 1.54) is 5.39 Å². The van der Waals surface area contributed by atoms with Crippen LogP contribution in [0.4, 0.5) is 0 Å². The largest absolute Gasteiger partial charge is 0.253 e. The normalized spacial score (nSPS) is 10.6. The van der Waals surface area contributed by atoms with Crippen molar-refractivity contribution in [2.75, 3.05) is 0 Å². The number of aromatic nitrogens is 1. The second-order valence-electron chi connectivity index (χ2n) is 2.99. The van der Waals surface area contributed by atoms with E-state index in [0.717, 1.165) is 22.1 Å². The Morgan fingerprint density at radius 1 is 1.23 bits per heavy atom. The summed E-state index contributed by atoms with van der Waals surface area (Å²) in [5, 5.41) is 1.19. The van der Waals surface area contributed by atoms with Crippen molar-refractivity contribution >= 4 is 26.8 Å². The van der Waals surface area contributed by atoms with Crippen molar-refractivity contribution in [3.05, 3.63) is 40.5 Å². The van der Waals surface area contributed by atoms with E-state index in [4.69, 9.17) is 0 Å². The summed E-state index contributed by atoms with van der Waals surface area (Å²) >= 11 is 3.44. The van der Waals surface area contributed by atoms with Gasteiger partial charge in [-0.15, -0.1) is 0 Å². The Kier molecular flexibility index (Phi) is 2.32. The van der Waals surface area contributed by atoms with Gasteiger partial charge in [-0.1, -0.05) is 35.0 Å². The van der Waals surface area contributed by atoms with Gasteiger partial charge in [0.1, 0.15) is 0 Å². The summed E-state index contributed by atoms with van der Waals surface area (Å²) in [6.07, 6.45) is 0.989. The van der Waals surface area contributed by atoms with E-state index in [1.807, 2.05) is 6.07 Å². The van der Waals surface area contributed by atoms with E-state index in [1.54, 1.807) is 0 Å². The van der Waals surface area contributed by atoms with Crippen LogP contribution in [0.3, 0.4) is 0 Å². The van der Waals surface area contributed by atoms with Gasteiger partial charge in [-0.05, 0) is 24.6 Å². The number of benzene rings is 1. The molecule has 0 bridgehead atoms. The zero-order chi connectivity index (χ0) is 9.26. The van der Waals surface area contributed by atoms with Gasteiger partial charge >= 0.3 is 0 Å². The molecule has 2 aromatic rings. The van der Waals surface area contributed by atoms with Crippen molar-refractivity contribution < 1.29 is 0 Å². The van der Waals surface area contributed by atoms with Crippen LogP contribution in [-0.2, 0) is 6.42 Å². The first-order valence-electron chi connectivity index (χ1n) is 4.35. The van der Waals surface area contributed by atoms with E-state index in [-0.39, 0.29) is 0 Å². The zero-order valence-electron chi connectivity index (χ0n) is 7.42. The molecule has 66 valence electrons. The highest BCUT2D eigenvalue weighted by Crippen LogP contribution is 2.18. The Morgan fingerprint density at radius 2 is 2.00 bits per heavy atom. The quantitative estimate of drug-likeness (QED) is 0.737. The maximum Gasteiger partial charge on any atom is 0.0716 e. The molecule has 0 saturated carbocycles. The van der Waals surface area contributed by atoms with Gasteiger partial charge in [-0.25, -0.2) is 0 Å². The minimum Gasteiger partial charge on any atom is -0.253 e. The lowest BCUT2D eigenvalue weighted by molar-refractivity contribution is 1.06. The SMILES string of the molecule is CCc1ccc2ccc(Br)cc2n1. The number of hydrogen-bond acceptors (Lipinski definition) is 1. The molecule has 0 atom stereocenters. The van der Waals surface area contributed by atoms with E-state index < -0.39 is 0 Å². The topological polar surface area (TPSA) is 12.9 Å². The lowest BCUT2D eigenvalue weighted by Crippen LogP contribution is -1.86. The number of pyridine rings is 1. The van der Waals surface area contributed by atoms with Crippen molar-refractivity contribution in [2.45, 2.75) is 13.3 Å². The maximum absolute atomic E-state index is 4.52. The molecule has 0 aliphatic rings. The Balaban J connectivity index is 2.68. The van der Waals surface area contributed by atoms with Crippen LogP contribution in [0, 0.1) is 0 Å². The van der Waals surface area contributed by atoms with Gasteiger partial charge in [0.05, 0.1) is 5.52 Å². The summed E-state index contributed by atoms with van der Waals surface area (Å²) in [5.74, 6) is 0. The van der Waals surface area contributed by atoms with Crippen LogP contribution in [0.1, 0.15) is 12.6 Å². The summed E-state index contributed by atoms with van der Waals surface area (Å²) in [5.41, 5.74) is 2.21. The van der Waals surface area contributed by atoms with Crippen molar-refractivity contribution in [2.24, 2.45) is 0 Å². The number of halogens is 1. The van der Waals surface area contributed by atoms with Gasteiger partial charge in [-0.3, -0.25) is 4.98 Å². The van der Waals surface area contributed by atoms with Crippen molar-refractivity contribution in [3.8, 4) is 0 Å². The molecule has 0 spiro atoms. The molecule has 0 saturated heterocycles. The second kappa shape index (κ2) is 3.46. The summed E-state index contributed by atoms with van der Waals surface area (Å²) in [6, 6.07) is 10.4. The number of rotatable bonds is 1. The van der Waals surface area contributed by atoms with Gasteiger partial charge in [0, 0.05) is 15.6 Å². The van der Waals surface area contributed by atoms with E-state index >= 15 is 0 Å². The molecule has 1 heterocycles. The highest BCUT2D eigenvalue weighted by molar-refractivity contribution is 9.10.